The molecule has 1 N–H and O–H groups in total. The van der Waals surface area contributed by atoms with E-state index in [1.165, 1.54) is 10.9 Å². The molecule has 1 atom stereocenters. The highest BCUT2D eigenvalue weighted by molar-refractivity contribution is 5.81. The Bertz CT molecular complexity index is 880. The number of fused-ring (bicyclic) bond motifs is 1. The van der Waals surface area contributed by atoms with Gasteiger partial charge in [0.25, 0.3) is 0 Å². The maximum atomic E-state index is 10.7. The Morgan fingerprint density at radius 2 is 1.96 bits per heavy atom. The third kappa shape index (κ3) is 3.00. The fourth-order valence-electron chi connectivity index (χ4n) is 3.83. The van der Waals surface area contributed by atoms with E-state index >= 15 is 0 Å². The largest absolute Gasteiger partial charge is 0.385 e. The Hall–Kier alpha value is -2.40. The maximum absolute atomic E-state index is 10.7. The number of hydrogen-bond acceptors (Lipinski definition) is 4. The van der Waals surface area contributed by atoms with E-state index in [0.29, 0.717) is 0 Å². The van der Waals surface area contributed by atoms with Crippen LogP contribution in [0.3, 0.4) is 0 Å². The fourth-order valence-corrected chi connectivity index (χ4v) is 3.83. The smallest absolute Gasteiger partial charge is 0.137 e. The first-order valence-corrected chi connectivity index (χ1v) is 8.90. The monoisotopic (exact) mass is 336 g/mol. The normalized spacial score (nSPS) is 17.2. The highest BCUT2D eigenvalue weighted by Gasteiger charge is 2.29. The number of aliphatic hydroxyl groups excluding tert-OH is 1. The molecular weight excluding hydrogens is 312 g/mol. The van der Waals surface area contributed by atoms with Crippen LogP contribution in [-0.2, 0) is 7.05 Å². The van der Waals surface area contributed by atoms with Crippen LogP contribution in [0, 0.1) is 12.8 Å². The molecular formula is C20H24N4O. The minimum Gasteiger partial charge on any atom is -0.385 e. The average Bonchev–Trinajstić information content (AvgIpc) is 3.06. The lowest BCUT2D eigenvalue weighted by Crippen LogP contribution is -2.37. The van der Waals surface area contributed by atoms with E-state index in [2.05, 4.69) is 35.0 Å². The number of hydrogen-bond donors (Lipinski definition) is 1. The van der Waals surface area contributed by atoms with Gasteiger partial charge in [0.1, 0.15) is 17.7 Å². The molecule has 1 aromatic carbocycles. The van der Waals surface area contributed by atoms with Crippen molar-refractivity contribution in [1.82, 2.24) is 14.5 Å². The minimum atomic E-state index is -0.493. The molecule has 3 aromatic rings. The molecule has 130 valence electrons. The van der Waals surface area contributed by atoms with Crippen molar-refractivity contribution in [2.75, 3.05) is 18.0 Å². The van der Waals surface area contributed by atoms with Crippen molar-refractivity contribution in [3.05, 3.63) is 54.1 Å². The molecule has 5 nitrogen and oxygen atoms in total. The number of aliphatic hydroxyl groups is 1. The molecule has 1 fully saturated rings. The van der Waals surface area contributed by atoms with E-state index in [1.807, 2.05) is 29.9 Å². The number of rotatable bonds is 3. The Labute approximate surface area is 147 Å². The highest BCUT2D eigenvalue weighted by atomic mass is 16.3. The fraction of sp³-hybridized carbons (Fsp3) is 0.400. The van der Waals surface area contributed by atoms with Gasteiger partial charge in [0.05, 0.1) is 5.52 Å². The number of pyridine rings is 1. The van der Waals surface area contributed by atoms with Crippen LogP contribution >= 0.6 is 0 Å². The molecule has 0 aliphatic carbocycles. The molecule has 0 spiro atoms. The maximum Gasteiger partial charge on any atom is 0.137 e. The van der Waals surface area contributed by atoms with Gasteiger partial charge in [0.15, 0.2) is 0 Å². The van der Waals surface area contributed by atoms with Crippen LogP contribution in [0.25, 0.3) is 10.9 Å². The summed E-state index contributed by atoms with van der Waals surface area (Å²) in [5.41, 5.74) is 2.25. The standard InChI is InChI=1S/C20H24N4O/c1-14-13-16-5-3-4-6-17(16)22-19(14)24-10-7-15(8-11-24)18(25)20-21-9-12-23(20)2/h3-6,9,12-13,15,18,25H,7-8,10-11H2,1-2H3. The van der Waals surface area contributed by atoms with Crippen molar-refractivity contribution >= 4 is 16.7 Å². The molecule has 0 radical (unpaired) electrons. The van der Waals surface area contributed by atoms with Gasteiger partial charge >= 0.3 is 0 Å². The molecule has 5 heteroatoms. The lowest BCUT2D eigenvalue weighted by atomic mass is 9.90. The third-order valence-electron chi connectivity index (χ3n) is 5.30. The second-order valence-corrected chi connectivity index (χ2v) is 6.99. The van der Waals surface area contributed by atoms with E-state index in [-0.39, 0.29) is 5.92 Å². The number of benzene rings is 1. The van der Waals surface area contributed by atoms with Crippen molar-refractivity contribution in [2.45, 2.75) is 25.9 Å². The summed E-state index contributed by atoms with van der Waals surface area (Å²) < 4.78 is 1.91. The quantitative estimate of drug-likeness (QED) is 0.798. The zero-order chi connectivity index (χ0) is 17.4. The van der Waals surface area contributed by atoms with Crippen molar-refractivity contribution in [3.8, 4) is 0 Å². The second kappa shape index (κ2) is 6.48. The zero-order valence-electron chi connectivity index (χ0n) is 14.8. The van der Waals surface area contributed by atoms with Gasteiger partial charge in [0.2, 0.25) is 0 Å². The molecule has 3 heterocycles. The average molecular weight is 336 g/mol. The third-order valence-corrected chi connectivity index (χ3v) is 5.30. The van der Waals surface area contributed by atoms with Crippen LogP contribution < -0.4 is 4.90 Å². The molecule has 25 heavy (non-hydrogen) atoms. The van der Waals surface area contributed by atoms with Crippen molar-refractivity contribution in [1.29, 1.82) is 0 Å². The Morgan fingerprint density at radius 3 is 2.68 bits per heavy atom. The van der Waals surface area contributed by atoms with Crippen LogP contribution in [0.4, 0.5) is 5.82 Å². The zero-order valence-corrected chi connectivity index (χ0v) is 14.8. The van der Waals surface area contributed by atoms with E-state index in [0.717, 1.165) is 43.1 Å². The Kier molecular flexibility index (Phi) is 4.17. The van der Waals surface area contributed by atoms with E-state index in [4.69, 9.17) is 4.98 Å². The van der Waals surface area contributed by atoms with E-state index in [9.17, 15) is 5.11 Å². The second-order valence-electron chi connectivity index (χ2n) is 6.99. The molecule has 1 aliphatic rings. The van der Waals surface area contributed by atoms with Crippen LogP contribution in [0.15, 0.2) is 42.7 Å². The molecule has 0 bridgehead atoms. The lowest BCUT2D eigenvalue weighted by molar-refractivity contribution is 0.0824. The first-order valence-electron chi connectivity index (χ1n) is 8.90. The van der Waals surface area contributed by atoms with Gasteiger partial charge in [0, 0.05) is 37.9 Å². The molecule has 4 rings (SSSR count). The van der Waals surface area contributed by atoms with Crippen molar-refractivity contribution < 1.29 is 5.11 Å². The summed E-state index contributed by atoms with van der Waals surface area (Å²) in [5, 5.41) is 11.8. The van der Waals surface area contributed by atoms with Crippen LogP contribution in [0.2, 0.25) is 0 Å². The summed E-state index contributed by atoms with van der Waals surface area (Å²) in [6.07, 6.45) is 5.03. The number of aromatic nitrogens is 3. The van der Waals surface area contributed by atoms with E-state index < -0.39 is 6.10 Å². The summed E-state index contributed by atoms with van der Waals surface area (Å²) >= 11 is 0. The van der Waals surface area contributed by atoms with Gasteiger partial charge in [-0.05, 0) is 43.4 Å². The predicted molar refractivity (Wildman–Crippen MR) is 99.6 cm³/mol. The molecule has 1 aliphatic heterocycles. The van der Waals surface area contributed by atoms with Crippen LogP contribution in [0.5, 0.6) is 0 Å². The summed E-state index contributed by atoms with van der Waals surface area (Å²) in [4.78, 5) is 11.5. The van der Waals surface area contributed by atoms with Gasteiger partial charge in [-0.25, -0.2) is 9.97 Å². The van der Waals surface area contributed by atoms with Gasteiger partial charge in [-0.1, -0.05) is 18.2 Å². The van der Waals surface area contributed by atoms with Crippen molar-refractivity contribution in [2.24, 2.45) is 13.0 Å². The number of piperidine rings is 1. The van der Waals surface area contributed by atoms with Gasteiger partial charge in [-0.3, -0.25) is 0 Å². The minimum absolute atomic E-state index is 0.248. The summed E-state index contributed by atoms with van der Waals surface area (Å²) in [7, 11) is 1.93. The molecule has 0 saturated carbocycles. The summed E-state index contributed by atoms with van der Waals surface area (Å²) in [5.74, 6) is 2.08. The number of para-hydroxylation sites is 1. The Morgan fingerprint density at radius 1 is 1.20 bits per heavy atom. The van der Waals surface area contributed by atoms with Crippen molar-refractivity contribution in [3.63, 3.8) is 0 Å². The number of nitrogens with zero attached hydrogens (tertiary/aromatic N) is 4. The molecule has 2 aromatic heterocycles. The number of anilines is 1. The van der Waals surface area contributed by atoms with Crippen LogP contribution in [0.1, 0.15) is 30.3 Å². The summed E-state index contributed by atoms with van der Waals surface area (Å²) in [6.45, 7) is 3.96. The van der Waals surface area contributed by atoms with Crippen LogP contribution in [-0.4, -0.2) is 32.7 Å². The lowest BCUT2D eigenvalue weighted by Gasteiger charge is -2.35. The predicted octanol–water partition coefficient (Wildman–Crippen LogP) is 3.23. The molecule has 0 amide bonds. The SMILES string of the molecule is Cc1cc2ccccc2nc1N1CCC(C(O)c2nccn2C)CC1. The summed E-state index contributed by atoms with van der Waals surface area (Å²) in [6, 6.07) is 10.5. The van der Waals surface area contributed by atoms with E-state index in [1.54, 1.807) is 6.20 Å². The first kappa shape index (κ1) is 16.1. The van der Waals surface area contributed by atoms with Gasteiger partial charge < -0.3 is 14.6 Å². The van der Waals surface area contributed by atoms with Gasteiger partial charge in [-0.2, -0.15) is 0 Å². The topological polar surface area (TPSA) is 54.2 Å². The Balaban J connectivity index is 1.50. The highest BCUT2D eigenvalue weighted by Crippen LogP contribution is 2.32. The molecule has 1 unspecified atom stereocenters. The first-order chi connectivity index (χ1) is 12.1. The molecule has 1 saturated heterocycles. The number of aryl methyl sites for hydroxylation is 2. The number of imidazole rings is 1. The van der Waals surface area contributed by atoms with Gasteiger partial charge in [-0.15, -0.1) is 0 Å².